The molecule has 0 spiro atoms. The number of ether oxygens (including phenoxy) is 2. The number of imidazole rings is 1. The van der Waals surface area contributed by atoms with Crippen molar-refractivity contribution in [2.45, 2.75) is 40.3 Å². The van der Waals surface area contributed by atoms with Crippen LogP contribution in [0.15, 0.2) is 79.6 Å². The summed E-state index contributed by atoms with van der Waals surface area (Å²) >= 11 is 0. The van der Waals surface area contributed by atoms with Crippen molar-refractivity contribution in [3.63, 3.8) is 0 Å². The second kappa shape index (κ2) is 16.6. The van der Waals surface area contributed by atoms with Gasteiger partial charge in [-0.2, -0.15) is 9.97 Å². The first-order valence-corrected chi connectivity index (χ1v) is 15.8. The van der Waals surface area contributed by atoms with Gasteiger partial charge in [0.15, 0.2) is 17.0 Å². The Morgan fingerprint density at radius 2 is 1.82 bits per heavy atom. The van der Waals surface area contributed by atoms with Gasteiger partial charge in [0.05, 0.1) is 19.5 Å². The van der Waals surface area contributed by atoms with Gasteiger partial charge in [-0.05, 0) is 30.0 Å². The highest BCUT2D eigenvalue weighted by atomic mass is 31.2. The Balaban J connectivity index is 0.00000529. The standard InChI is InChI=1S/C30H38N7O5P.CH4/c1-4-15-32-27-26-28(35-30(31)34-27)37(20-33-26)16-17-40-21-43(39,42-24-13-9-6-10-14-24)36-25(29(38)41-19-22(2)3)18-23-11-7-5-8-12-23;/h4-14,20,22,25H,1,15-19,21H2,2-3H3,(H,36,39)(H3,31,32,34,35);1H4. The molecule has 2 heterocycles. The number of aromatic nitrogens is 4. The minimum atomic E-state index is -3.78. The third kappa shape index (κ3) is 9.90. The highest BCUT2D eigenvalue weighted by Gasteiger charge is 2.33. The van der Waals surface area contributed by atoms with Crippen LogP contribution in [0.25, 0.3) is 11.2 Å². The SMILES string of the molecule is C.C=CCNc1nc(N)nc2c1ncn2CCOCP(=O)(NC(Cc1ccccc1)C(=O)OCC(C)C)Oc1ccccc1. The van der Waals surface area contributed by atoms with Crippen molar-refractivity contribution in [3.05, 3.63) is 85.2 Å². The van der Waals surface area contributed by atoms with Crippen molar-refractivity contribution in [2.75, 3.05) is 37.2 Å². The Bertz CT molecular complexity index is 1530. The van der Waals surface area contributed by atoms with E-state index in [0.717, 1.165) is 5.56 Å². The average Bonchev–Trinajstić information content (AvgIpc) is 3.40. The number of esters is 1. The fourth-order valence-electron chi connectivity index (χ4n) is 4.12. The zero-order chi connectivity index (χ0) is 30.7. The first-order chi connectivity index (χ1) is 20.8. The van der Waals surface area contributed by atoms with Gasteiger partial charge in [-0.25, -0.2) is 10.1 Å². The topological polar surface area (TPSA) is 156 Å². The predicted octanol–water partition coefficient (Wildman–Crippen LogP) is 5.29. The lowest BCUT2D eigenvalue weighted by Gasteiger charge is -2.26. The Morgan fingerprint density at radius 1 is 1.11 bits per heavy atom. The summed E-state index contributed by atoms with van der Waals surface area (Å²) in [7, 11) is -3.78. The van der Waals surface area contributed by atoms with E-state index < -0.39 is 19.5 Å². The molecule has 236 valence electrons. The first-order valence-electron chi connectivity index (χ1n) is 14.0. The maximum atomic E-state index is 14.3. The fraction of sp³-hybridized carbons (Fsp3) is 0.355. The Labute approximate surface area is 258 Å². The molecule has 0 saturated heterocycles. The van der Waals surface area contributed by atoms with Gasteiger partial charge in [0, 0.05) is 13.1 Å². The van der Waals surface area contributed by atoms with E-state index in [0.29, 0.717) is 35.8 Å². The molecule has 13 heteroatoms. The van der Waals surface area contributed by atoms with E-state index in [4.69, 9.17) is 19.7 Å². The lowest BCUT2D eigenvalue weighted by Crippen LogP contribution is -2.40. The van der Waals surface area contributed by atoms with E-state index in [1.54, 1.807) is 41.2 Å². The molecular formula is C31H42N7O5P. The summed E-state index contributed by atoms with van der Waals surface area (Å²) in [6.07, 6.45) is 3.26. The summed E-state index contributed by atoms with van der Waals surface area (Å²) in [6, 6.07) is 17.3. The third-order valence-electron chi connectivity index (χ3n) is 6.11. The van der Waals surface area contributed by atoms with Crippen molar-refractivity contribution >= 4 is 36.4 Å². The molecule has 4 N–H and O–H groups in total. The molecule has 44 heavy (non-hydrogen) atoms. The Hall–Kier alpha value is -4.25. The number of hydrogen-bond donors (Lipinski definition) is 3. The van der Waals surface area contributed by atoms with Gasteiger partial charge in [-0.3, -0.25) is 9.36 Å². The van der Waals surface area contributed by atoms with Gasteiger partial charge in [0.1, 0.15) is 18.1 Å². The van der Waals surface area contributed by atoms with Gasteiger partial charge in [-0.15, -0.1) is 6.58 Å². The molecule has 2 unspecified atom stereocenters. The highest BCUT2D eigenvalue weighted by molar-refractivity contribution is 7.57. The number of carbonyl (C=O) groups is 1. The van der Waals surface area contributed by atoms with Crippen LogP contribution in [0.2, 0.25) is 0 Å². The number of rotatable bonds is 17. The molecule has 0 saturated carbocycles. The van der Waals surface area contributed by atoms with Crippen molar-refractivity contribution in [3.8, 4) is 5.75 Å². The number of nitrogens with two attached hydrogens (primary N) is 1. The second-order valence-corrected chi connectivity index (χ2v) is 12.3. The number of nitrogens with zero attached hydrogens (tertiary/aromatic N) is 4. The zero-order valence-corrected chi connectivity index (χ0v) is 25.3. The molecule has 0 radical (unpaired) electrons. The third-order valence-corrected chi connectivity index (χ3v) is 7.84. The molecule has 0 aliphatic heterocycles. The van der Waals surface area contributed by atoms with Gasteiger partial charge < -0.3 is 29.6 Å². The summed E-state index contributed by atoms with van der Waals surface area (Å²) in [6.45, 7) is 8.81. The molecular weight excluding hydrogens is 581 g/mol. The van der Waals surface area contributed by atoms with Crippen LogP contribution in [0.5, 0.6) is 5.75 Å². The summed E-state index contributed by atoms with van der Waals surface area (Å²) in [5.74, 6) is 0.604. The van der Waals surface area contributed by atoms with E-state index in [2.05, 4.69) is 31.9 Å². The molecule has 2 aromatic heterocycles. The van der Waals surface area contributed by atoms with Crippen molar-refractivity contribution < 1.29 is 23.4 Å². The van der Waals surface area contributed by atoms with Gasteiger partial charge in [0.25, 0.3) is 0 Å². The maximum Gasteiger partial charge on any atom is 0.342 e. The van der Waals surface area contributed by atoms with Crippen LogP contribution < -0.4 is 20.7 Å². The van der Waals surface area contributed by atoms with Gasteiger partial charge in [0.2, 0.25) is 5.95 Å². The quantitative estimate of drug-likeness (QED) is 0.0608. The number of carbonyl (C=O) groups excluding carboxylic acids is 1. The molecule has 4 aromatic rings. The Kier molecular flexibility index (Phi) is 12.9. The monoisotopic (exact) mass is 623 g/mol. The molecule has 0 amide bonds. The van der Waals surface area contributed by atoms with E-state index in [1.165, 1.54) is 0 Å². The molecule has 0 aliphatic rings. The number of benzene rings is 2. The maximum absolute atomic E-state index is 14.3. The van der Waals surface area contributed by atoms with Crippen molar-refractivity contribution in [1.82, 2.24) is 24.6 Å². The van der Waals surface area contributed by atoms with Crippen molar-refractivity contribution in [2.24, 2.45) is 5.92 Å². The fourth-order valence-corrected chi connectivity index (χ4v) is 5.81. The number of nitrogens with one attached hydrogen (secondary N) is 2. The van der Waals surface area contributed by atoms with Crippen LogP contribution in [0.3, 0.4) is 0 Å². The molecule has 0 aliphatic carbocycles. The van der Waals surface area contributed by atoms with Crippen LogP contribution >= 0.6 is 7.52 Å². The van der Waals surface area contributed by atoms with Crippen LogP contribution in [-0.2, 0) is 31.8 Å². The number of hydrogen-bond acceptors (Lipinski definition) is 10. The summed E-state index contributed by atoms with van der Waals surface area (Å²) < 4.78 is 33.4. The average molecular weight is 624 g/mol. The highest BCUT2D eigenvalue weighted by Crippen LogP contribution is 2.44. The second-order valence-electron chi connectivity index (χ2n) is 10.2. The van der Waals surface area contributed by atoms with Crippen LogP contribution in [-0.4, -0.2) is 57.6 Å². The van der Waals surface area contributed by atoms with Gasteiger partial charge in [-0.1, -0.05) is 75.9 Å². The number of anilines is 2. The number of para-hydroxylation sites is 1. The lowest BCUT2D eigenvalue weighted by atomic mass is 10.1. The van der Waals surface area contributed by atoms with E-state index >= 15 is 0 Å². The van der Waals surface area contributed by atoms with Crippen molar-refractivity contribution in [1.29, 1.82) is 0 Å². The normalized spacial score (nSPS) is 13.1. The van der Waals surface area contributed by atoms with E-state index in [9.17, 15) is 9.36 Å². The smallest absolute Gasteiger partial charge is 0.342 e. The summed E-state index contributed by atoms with van der Waals surface area (Å²) in [4.78, 5) is 26.1. The molecule has 4 rings (SSSR count). The van der Waals surface area contributed by atoms with Crippen LogP contribution in [0.4, 0.5) is 11.8 Å². The Morgan fingerprint density at radius 3 is 2.50 bits per heavy atom. The van der Waals surface area contributed by atoms with E-state index in [1.807, 2.05) is 50.2 Å². The molecule has 2 aromatic carbocycles. The molecule has 0 fully saturated rings. The summed E-state index contributed by atoms with van der Waals surface area (Å²) in [5.41, 5.74) is 7.88. The minimum absolute atomic E-state index is 0. The predicted molar refractivity (Wildman–Crippen MR) is 174 cm³/mol. The number of nitrogen functional groups attached to an aromatic ring is 1. The van der Waals surface area contributed by atoms with E-state index in [-0.39, 0.29) is 45.3 Å². The molecule has 2 atom stereocenters. The first kappa shape index (κ1) is 34.2. The lowest BCUT2D eigenvalue weighted by molar-refractivity contribution is -0.146. The van der Waals surface area contributed by atoms with Crippen LogP contribution in [0, 0.1) is 5.92 Å². The minimum Gasteiger partial charge on any atom is -0.464 e. The largest absolute Gasteiger partial charge is 0.464 e. The van der Waals surface area contributed by atoms with Crippen LogP contribution in [0.1, 0.15) is 26.8 Å². The zero-order valence-electron chi connectivity index (χ0n) is 24.4. The number of fused-ring (bicyclic) bond motifs is 1. The molecule has 0 bridgehead atoms. The molecule has 12 nitrogen and oxygen atoms in total. The summed E-state index contributed by atoms with van der Waals surface area (Å²) in [5, 5.41) is 6.08. The van der Waals surface area contributed by atoms with Gasteiger partial charge >= 0.3 is 13.5 Å².